The molecule has 0 aliphatic carbocycles. The highest BCUT2D eigenvalue weighted by Gasteiger charge is 2.39. The van der Waals surface area contributed by atoms with Crippen LogP contribution >= 0.6 is 0 Å². The largest absolute Gasteiger partial charge is 0.478 e. The van der Waals surface area contributed by atoms with Gasteiger partial charge in [0.05, 0.1) is 5.56 Å². The summed E-state index contributed by atoms with van der Waals surface area (Å²) in [6.45, 7) is 8.54. The average Bonchev–Trinajstić information content (AvgIpc) is 2.28. The van der Waals surface area contributed by atoms with E-state index in [1.54, 1.807) is 6.07 Å². The Morgan fingerprint density at radius 2 is 1.94 bits per heavy atom. The van der Waals surface area contributed by atoms with Gasteiger partial charge in [-0.3, -0.25) is 0 Å². The molecule has 1 aliphatic heterocycles. The fourth-order valence-electron chi connectivity index (χ4n) is 2.73. The minimum absolute atomic E-state index is 0.400. The van der Waals surface area contributed by atoms with Crippen molar-refractivity contribution >= 4 is 11.7 Å². The van der Waals surface area contributed by atoms with Gasteiger partial charge in [-0.25, -0.2) is 4.79 Å². The number of carboxylic acids is 1. The van der Waals surface area contributed by atoms with Crippen molar-refractivity contribution in [3.8, 4) is 0 Å². The monoisotopic (exact) mass is 247 g/mol. The van der Waals surface area contributed by atoms with Gasteiger partial charge in [0.15, 0.2) is 0 Å². The van der Waals surface area contributed by atoms with Gasteiger partial charge in [-0.15, -0.1) is 0 Å². The first-order valence-electron chi connectivity index (χ1n) is 6.60. The van der Waals surface area contributed by atoms with E-state index in [2.05, 4.69) is 18.7 Å². The van der Waals surface area contributed by atoms with Gasteiger partial charge in [0.2, 0.25) is 0 Å². The zero-order valence-corrected chi connectivity index (χ0v) is 11.4. The normalized spacial score (nSPS) is 17.4. The van der Waals surface area contributed by atoms with Crippen LogP contribution in [0, 0.1) is 12.3 Å². The molecule has 3 nitrogen and oxygen atoms in total. The van der Waals surface area contributed by atoms with Crippen molar-refractivity contribution in [3.63, 3.8) is 0 Å². The van der Waals surface area contributed by atoms with Crippen LogP contribution in [0.5, 0.6) is 0 Å². The highest BCUT2D eigenvalue weighted by molar-refractivity contribution is 5.90. The lowest BCUT2D eigenvalue weighted by molar-refractivity contribution is 0.0696. The SMILES string of the molecule is CCC1(CC)CN(c2ccc(C(=O)O)c(C)c2)C1. The zero-order chi connectivity index (χ0) is 13.3. The number of hydrogen-bond acceptors (Lipinski definition) is 2. The number of anilines is 1. The maximum absolute atomic E-state index is 11.0. The fourth-order valence-corrected chi connectivity index (χ4v) is 2.73. The second kappa shape index (κ2) is 4.63. The van der Waals surface area contributed by atoms with Crippen LogP contribution in [0.2, 0.25) is 0 Å². The molecule has 0 radical (unpaired) electrons. The Kier molecular flexibility index (Phi) is 3.33. The molecule has 1 aromatic rings. The predicted molar refractivity (Wildman–Crippen MR) is 73.4 cm³/mol. The van der Waals surface area contributed by atoms with Crippen LogP contribution < -0.4 is 4.90 Å². The number of aromatic carboxylic acids is 1. The molecular formula is C15H21NO2. The molecule has 1 heterocycles. The van der Waals surface area contributed by atoms with E-state index in [1.807, 2.05) is 19.1 Å². The number of nitrogens with zero attached hydrogens (tertiary/aromatic N) is 1. The van der Waals surface area contributed by atoms with Crippen molar-refractivity contribution in [1.82, 2.24) is 0 Å². The lowest BCUT2D eigenvalue weighted by Gasteiger charge is -2.51. The number of carboxylic acid groups (broad SMARTS) is 1. The molecule has 0 aromatic heterocycles. The van der Waals surface area contributed by atoms with Crippen LogP contribution in [0.3, 0.4) is 0 Å². The third-order valence-corrected chi connectivity index (χ3v) is 4.36. The summed E-state index contributed by atoms with van der Waals surface area (Å²) in [6, 6.07) is 5.62. The Bertz CT molecular complexity index is 456. The smallest absolute Gasteiger partial charge is 0.335 e. The molecule has 1 saturated heterocycles. The number of hydrogen-bond donors (Lipinski definition) is 1. The van der Waals surface area contributed by atoms with Crippen molar-refractivity contribution in [1.29, 1.82) is 0 Å². The van der Waals surface area contributed by atoms with Gasteiger partial charge in [-0.2, -0.15) is 0 Å². The lowest BCUT2D eigenvalue weighted by atomic mass is 9.75. The Hall–Kier alpha value is -1.51. The molecule has 1 N–H and O–H groups in total. The number of benzene rings is 1. The standard InChI is InChI=1S/C15H21NO2/c1-4-15(5-2)9-16(10-15)12-6-7-13(14(17)18)11(3)8-12/h6-8H,4-5,9-10H2,1-3H3,(H,17,18). The third kappa shape index (κ3) is 2.09. The molecule has 0 bridgehead atoms. The lowest BCUT2D eigenvalue weighted by Crippen LogP contribution is -2.55. The molecule has 2 rings (SSSR count). The second-order valence-electron chi connectivity index (χ2n) is 5.37. The van der Waals surface area contributed by atoms with Gasteiger partial charge in [-0.1, -0.05) is 13.8 Å². The van der Waals surface area contributed by atoms with Crippen molar-refractivity contribution < 1.29 is 9.90 Å². The van der Waals surface area contributed by atoms with Crippen molar-refractivity contribution in [3.05, 3.63) is 29.3 Å². The molecule has 0 spiro atoms. The molecule has 0 unspecified atom stereocenters. The second-order valence-corrected chi connectivity index (χ2v) is 5.37. The van der Waals surface area contributed by atoms with E-state index in [-0.39, 0.29) is 0 Å². The van der Waals surface area contributed by atoms with E-state index in [0.29, 0.717) is 11.0 Å². The molecule has 98 valence electrons. The molecule has 0 amide bonds. The van der Waals surface area contributed by atoms with Crippen LogP contribution in [0.4, 0.5) is 5.69 Å². The predicted octanol–water partition coefficient (Wildman–Crippen LogP) is 3.32. The number of aryl methyl sites for hydroxylation is 1. The van der Waals surface area contributed by atoms with Crippen LogP contribution in [0.15, 0.2) is 18.2 Å². The number of rotatable bonds is 4. The van der Waals surface area contributed by atoms with Gasteiger partial charge in [0.1, 0.15) is 0 Å². The summed E-state index contributed by atoms with van der Waals surface area (Å²) in [4.78, 5) is 13.3. The topological polar surface area (TPSA) is 40.5 Å². The molecule has 1 aliphatic rings. The molecule has 18 heavy (non-hydrogen) atoms. The Balaban J connectivity index is 2.13. The van der Waals surface area contributed by atoms with E-state index < -0.39 is 5.97 Å². The molecule has 3 heteroatoms. The summed E-state index contributed by atoms with van der Waals surface area (Å²) in [7, 11) is 0. The van der Waals surface area contributed by atoms with Gasteiger partial charge in [0, 0.05) is 24.2 Å². The van der Waals surface area contributed by atoms with Crippen LogP contribution in [-0.4, -0.2) is 24.2 Å². The summed E-state index contributed by atoms with van der Waals surface area (Å²) in [5, 5.41) is 9.01. The van der Waals surface area contributed by atoms with Crippen LogP contribution in [0.1, 0.15) is 42.6 Å². The first-order chi connectivity index (χ1) is 8.51. The fraction of sp³-hybridized carbons (Fsp3) is 0.533. The Morgan fingerprint density at radius 3 is 2.39 bits per heavy atom. The Morgan fingerprint density at radius 1 is 1.33 bits per heavy atom. The molecule has 0 saturated carbocycles. The first-order valence-corrected chi connectivity index (χ1v) is 6.60. The van der Waals surface area contributed by atoms with E-state index in [0.717, 1.165) is 24.3 Å². The molecule has 0 atom stereocenters. The maximum atomic E-state index is 11.0. The Labute approximate surface area is 108 Å². The summed E-state index contributed by atoms with van der Waals surface area (Å²) < 4.78 is 0. The van der Waals surface area contributed by atoms with E-state index in [9.17, 15) is 4.79 Å². The highest BCUT2D eigenvalue weighted by atomic mass is 16.4. The third-order valence-electron chi connectivity index (χ3n) is 4.36. The van der Waals surface area contributed by atoms with Crippen LogP contribution in [0.25, 0.3) is 0 Å². The van der Waals surface area contributed by atoms with Gasteiger partial charge in [-0.05, 0) is 43.5 Å². The van der Waals surface area contributed by atoms with Gasteiger partial charge < -0.3 is 10.0 Å². The van der Waals surface area contributed by atoms with E-state index in [1.165, 1.54) is 12.8 Å². The summed E-state index contributed by atoms with van der Waals surface area (Å²) >= 11 is 0. The summed E-state index contributed by atoms with van der Waals surface area (Å²) in [6.07, 6.45) is 2.43. The minimum Gasteiger partial charge on any atom is -0.478 e. The molecule has 1 aromatic carbocycles. The zero-order valence-electron chi connectivity index (χ0n) is 11.4. The van der Waals surface area contributed by atoms with E-state index >= 15 is 0 Å². The van der Waals surface area contributed by atoms with Crippen LogP contribution in [-0.2, 0) is 0 Å². The van der Waals surface area contributed by atoms with Crippen molar-refractivity contribution in [2.45, 2.75) is 33.6 Å². The average molecular weight is 247 g/mol. The van der Waals surface area contributed by atoms with Crippen molar-refractivity contribution in [2.75, 3.05) is 18.0 Å². The quantitative estimate of drug-likeness (QED) is 0.887. The maximum Gasteiger partial charge on any atom is 0.335 e. The van der Waals surface area contributed by atoms with Gasteiger partial charge >= 0.3 is 5.97 Å². The molecule has 1 fully saturated rings. The number of carbonyl (C=O) groups is 1. The van der Waals surface area contributed by atoms with E-state index in [4.69, 9.17) is 5.11 Å². The summed E-state index contributed by atoms with van der Waals surface area (Å²) in [5.74, 6) is -0.848. The van der Waals surface area contributed by atoms with Crippen molar-refractivity contribution in [2.24, 2.45) is 5.41 Å². The molecular weight excluding hydrogens is 226 g/mol. The van der Waals surface area contributed by atoms with Gasteiger partial charge in [0.25, 0.3) is 0 Å². The minimum atomic E-state index is -0.848. The highest BCUT2D eigenvalue weighted by Crippen LogP contribution is 2.40. The first kappa shape index (κ1) is 12.9. The summed E-state index contributed by atoms with van der Waals surface area (Å²) in [5.41, 5.74) is 2.86.